The van der Waals surface area contributed by atoms with E-state index in [1.807, 2.05) is 0 Å². The Morgan fingerprint density at radius 2 is 2.06 bits per heavy atom. The molecule has 34 heavy (non-hydrogen) atoms. The fourth-order valence-corrected chi connectivity index (χ4v) is 4.18. The maximum absolute atomic E-state index is 14.8. The topological polar surface area (TPSA) is 140 Å². The molecule has 2 aliphatic rings. The van der Waals surface area contributed by atoms with E-state index in [4.69, 9.17) is 9.15 Å². The van der Waals surface area contributed by atoms with Crippen LogP contribution >= 0.6 is 0 Å². The Balaban J connectivity index is 1.55. The Labute approximate surface area is 190 Å². The Hall–Kier alpha value is -4.48. The lowest BCUT2D eigenvalue weighted by Gasteiger charge is -2.28. The second-order valence-electron chi connectivity index (χ2n) is 7.80. The molecule has 0 bridgehead atoms. The Morgan fingerprint density at radius 3 is 2.74 bits per heavy atom. The summed E-state index contributed by atoms with van der Waals surface area (Å²) in [4.78, 5) is 55.3. The number of pyridine rings is 1. The fourth-order valence-electron chi connectivity index (χ4n) is 4.18. The highest BCUT2D eigenvalue weighted by Crippen LogP contribution is 2.36. The number of aromatic nitrogens is 1. The van der Waals surface area contributed by atoms with Gasteiger partial charge in [0.25, 0.3) is 11.8 Å². The molecular weight excluding hydrogens is 451 g/mol. The summed E-state index contributed by atoms with van der Waals surface area (Å²) in [7, 11) is 2.51. The van der Waals surface area contributed by atoms with Crippen molar-refractivity contribution in [1.29, 1.82) is 0 Å². The molecule has 1 unspecified atom stereocenters. The normalized spacial score (nSPS) is 19.3. The summed E-state index contributed by atoms with van der Waals surface area (Å²) in [5, 5.41) is 4.68. The van der Waals surface area contributed by atoms with Crippen LogP contribution in [0.5, 0.6) is 5.75 Å². The summed E-state index contributed by atoms with van der Waals surface area (Å²) in [6.45, 7) is -0.339. The summed E-state index contributed by atoms with van der Waals surface area (Å²) in [5.74, 6) is -2.95. The molecule has 4 heterocycles. The smallest absolute Gasteiger partial charge is 0.339 e. The van der Waals surface area contributed by atoms with Crippen LogP contribution in [0.25, 0.3) is 11.1 Å². The van der Waals surface area contributed by atoms with Gasteiger partial charge in [0, 0.05) is 18.8 Å². The third-order valence-corrected chi connectivity index (χ3v) is 5.86. The number of hydrogen-bond donors (Lipinski definition) is 2. The number of amides is 4. The monoisotopic (exact) mass is 468 g/mol. The van der Waals surface area contributed by atoms with Crippen LogP contribution in [0.3, 0.4) is 0 Å². The molecule has 1 saturated heterocycles. The van der Waals surface area contributed by atoms with Gasteiger partial charge in [-0.2, -0.15) is 0 Å². The first-order chi connectivity index (χ1) is 16.3. The molecule has 0 spiro atoms. The first kappa shape index (κ1) is 21.4. The molecule has 0 aliphatic carbocycles. The van der Waals surface area contributed by atoms with Gasteiger partial charge in [0.2, 0.25) is 0 Å². The molecule has 2 aromatic heterocycles. The number of rotatable bonds is 5. The summed E-state index contributed by atoms with van der Waals surface area (Å²) in [5.41, 5.74) is -0.952. The third-order valence-electron chi connectivity index (χ3n) is 5.86. The molecule has 1 fully saturated rings. The minimum atomic E-state index is -1.80. The van der Waals surface area contributed by atoms with E-state index in [0.717, 1.165) is 0 Å². The molecule has 4 amide bonds. The first-order valence-corrected chi connectivity index (χ1v) is 10.0. The summed E-state index contributed by atoms with van der Waals surface area (Å²) in [6, 6.07) is 5.01. The summed E-state index contributed by atoms with van der Waals surface area (Å²) >= 11 is 0. The van der Waals surface area contributed by atoms with Gasteiger partial charge in [-0.15, -0.1) is 0 Å². The van der Waals surface area contributed by atoms with E-state index < -0.39 is 35.2 Å². The van der Waals surface area contributed by atoms with Crippen LogP contribution in [0.1, 0.15) is 32.0 Å². The zero-order chi connectivity index (χ0) is 24.2. The highest BCUT2D eigenvalue weighted by Gasteiger charge is 2.53. The number of esters is 1. The third kappa shape index (κ3) is 3.06. The van der Waals surface area contributed by atoms with Gasteiger partial charge in [-0.05, 0) is 17.7 Å². The number of benzene rings is 1. The van der Waals surface area contributed by atoms with Gasteiger partial charge in [0.1, 0.15) is 11.3 Å². The van der Waals surface area contributed by atoms with Gasteiger partial charge >= 0.3 is 12.0 Å². The lowest BCUT2D eigenvalue weighted by molar-refractivity contribution is -0.125. The van der Waals surface area contributed by atoms with Crippen LogP contribution < -0.4 is 15.4 Å². The molecule has 1 atom stereocenters. The number of imide groups is 1. The van der Waals surface area contributed by atoms with Gasteiger partial charge < -0.3 is 24.1 Å². The maximum Gasteiger partial charge on any atom is 0.339 e. The maximum atomic E-state index is 14.8. The highest BCUT2D eigenvalue weighted by molar-refractivity contribution is 6.08. The fraction of sp³-hybridized carbons (Fsp3) is 0.227. The molecule has 12 heteroatoms. The SMILES string of the molecule is COC(=O)c1cnc2cc(C3(CN4Cc5ccc(OC)c(F)c5C4=O)NC(=O)NC3=O)oc2c1. The standard InChI is InChI=1S/C22H17FN4O7/c1-32-13-4-3-10-8-27(18(28)16(10)17(13)23)9-22(20(30)25-21(31)26-22)15-6-12-14(34-15)5-11(7-24-12)19(29)33-2/h3-7H,8-9H2,1-2H3,(H2,25,26,30,31). The van der Waals surface area contributed by atoms with Crippen molar-refractivity contribution in [3.8, 4) is 5.75 Å². The zero-order valence-electron chi connectivity index (χ0n) is 17.9. The van der Waals surface area contributed by atoms with Gasteiger partial charge in [-0.1, -0.05) is 6.07 Å². The molecule has 0 radical (unpaired) electrons. The van der Waals surface area contributed by atoms with Crippen molar-refractivity contribution in [3.05, 3.63) is 58.7 Å². The first-order valence-electron chi connectivity index (χ1n) is 10.0. The number of methoxy groups -OCH3 is 2. The van der Waals surface area contributed by atoms with Crippen molar-refractivity contribution in [1.82, 2.24) is 20.5 Å². The molecule has 3 aromatic rings. The highest BCUT2D eigenvalue weighted by atomic mass is 19.1. The van der Waals surface area contributed by atoms with Crippen LogP contribution in [0, 0.1) is 5.82 Å². The molecule has 11 nitrogen and oxygen atoms in total. The summed E-state index contributed by atoms with van der Waals surface area (Å²) < 4.78 is 30.2. The van der Waals surface area contributed by atoms with E-state index >= 15 is 0 Å². The lowest BCUT2D eigenvalue weighted by atomic mass is 9.95. The van der Waals surface area contributed by atoms with Crippen molar-refractivity contribution in [2.45, 2.75) is 12.1 Å². The Morgan fingerprint density at radius 1 is 1.26 bits per heavy atom. The van der Waals surface area contributed by atoms with Crippen LogP contribution in [-0.4, -0.2) is 54.5 Å². The van der Waals surface area contributed by atoms with E-state index in [1.165, 1.54) is 43.5 Å². The average molecular weight is 468 g/mol. The minimum Gasteiger partial charge on any atom is -0.494 e. The average Bonchev–Trinajstić information content (AvgIpc) is 3.47. The van der Waals surface area contributed by atoms with Crippen molar-refractivity contribution in [2.24, 2.45) is 0 Å². The summed E-state index contributed by atoms with van der Waals surface area (Å²) in [6.07, 6.45) is 1.28. The van der Waals surface area contributed by atoms with Crippen LogP contribution in [0.2, 0.25) is 0 Å². The van der Waals surface area contributed by atoms with Crippen LogP contribution in [0.4, 0.5) is 9.18 Å². The number of carbonyl (C=O) groups excluding carboxylic acids is 4. The number of fused-ring (bicyclic) bond motifs is 2. The number of furan rings is 1. The molecule has 5 rings (SSSR count). The second-order valence-corrected chi connectivity index (χ2v) is 7.80. The molecular formula is C22H17FN4O7. The number of halogens is 1. The van der Waals surface area contributed by atoms with Crippen molar-refractivity contribution < 1.29 is 37.5 Å². The van der Waals surface area contributed by atoms with E-state index in [-0.39, 0.29) is 41.3 Å². The number of nitrogens with zero attached hydrogens (tertiary/aromatic N) is 2. The molecule has 1 aromatic carbocycles. The largest absolute Gasteiger partial charge is 0.494 e. The van der Waals surface area contributed by atoms with Crippen LogP contribution in [0.15, 0.2) is 34.9 Å². The van der Waals surface area contributed by atoms with Crippen molar-refractivity contribution >= 4 is 34.9 Å². The Bertz CT molecular complexity index is 1400. The number of carbonyl (C=O) groups is 4. The molecule has 2 aliphatic heterocycles. The number of hydrogen-bond acceptors (Lipinski definition) is 8. The van der Waals surface area contributed by atoms with E-state index in [1.54, 1.807) is 6.07 Å². The van der Waals surface area contributed by atoms with E-state index in [9.17, 15) is 23.6 Å². The zero-order valence-corrected chi connectivity index (χ0v) is 17.9. The van der Waals surface area contributed by atoms with Gasteiger partial charge in [0.05, 0.1) is 31.9 Å². The number of nitrogens with one attached hydrogen (secondary N) is 2. The molecule has 174 valence electrons. The second kappa shape index (κ2) is 7.54. The quantitative estimate of drug-likeness (QED) is 0.424. The minimum absolute atomic E-state index is 0.00491. The predicted molar refractivity (Wildman–Crippen MR) is 111 cm³/mol. The predicted octanol–water partition coefficient (Wildman–Crippen LogP) is 1.45. The van der Waals surface area contributed by atoms with Crippen molar-refractivity contribution in [3.63, 3.8) is 0 Å². The van der Waals surface area contributed by atoms with Crippen molar-refractivity contribution in [2.75, 3.05) is 20.8 Å². The van der Waals surface area contributed by atoms with Gasteiger partial charge in [-0.3, -0.25) is 19.9 Å². The van der Waals surface area contributed by atoms with Gasteiger partial charge in [0.15, 0.2) is 22.7 Å². The Kier molecular flexibility index (Phi) is 4.74. The van der Waals surface area contributed by atoms with Gasteiger partial charge in [-0.25, -0.2) is 14.0 Å². The van der Waals surface area contributed by atoms with E-state index in [0.29, 0.717) is 11.1 Å². The number of ether oxygens (including phenoxy) is 2. The molecule has 0 saturated carbocycles. The van der Waals surface area contributed by atoms with Crippen LogP contribution in [-0.2, 0) is 21.6 Å². The lowest BCUT2D eigenvalue weighted by Crippen LogP contribution is -2.52. The number of urea groups is 1. The molecule has 2 N–H and O–H groups in total. The van der Waals surface area contributed by atoms with E-state index in [2.05, 4.69) is 20.4 Å².